The highest BCUT2D eigenvalue weighted by Crippen LogP contribution is 2.48. The molecular formula is C35H41FN2O4. The number of aliphatic carboxylic acids is 1. The molecule has 42 heavy (non-hydrogen) atoms. The Kier molecular flexibility index (Phi) is 7.97. The molecule has 1 aliphatic carbocycles. The number of aryl methyl sites for hydroxylation is 1. The molecule has 2 aromatic carbocycles. The van der Waals surface area contributed by atoms with Gasteiger partial charge in [-0.15, -0.1) is 0 Å². The van der Waals surface area contributed by atoms with Gasteiger partial charge in [-0.1, -0.05) is 37.3 Å². The van der Waals surface area contributed by atoms with E-state index in [0.29, 0.717) is 29.4 Å². The molecule has 3 aromatic rings. The number of carboxylic acids is 1. The Bertz CT molecular complexity index is 1460. The molecule has 1 N–H and O–H groups in total. The number of hydrogen-bond donors (Lipinski definition) is 1. The number of hydrogen-bond acceptors (Lipinski definition) is 5. The Balaban J connectivity index is 1.33. The molecule has 2 unspecified atom stereocenters. The van der Waals surface area contributed by atoms with Crippen molar-refractivity contribution in [1.82, 2.24) is 9.88 Å². The second-order valence-electron chi connectivity index (χ2n) is 12.6. The molecule has 0 bridgehead atoms. The van der Waals surface area contributed by atoms with Gasteiger partial charge in [0.05, 0.1) is 19.2 Å². The van der Waals surface area contributed by atoms with Crippen LogP contribution in [0.15, 0.2) is 48.7 Å². The molecule has 1 saturated heterocycles. The molecule has 222 valence electrons. The highest BCUT2D eigenvalue weighted by Gasteiger charge is 2.39. The van der Waals surface area contributed by atoms with Gasteiger partial charge in [0, 0.05) is 30.3 Å². The number of aromatic nitrogens is 1. The zero-order chi connectivity index (χ0) is 29.5. The van der Waals surface area contributed by atoms with Gasteiger partial charge in [0.2, 0.25) is 5.88 Å². The number of likely N-dealkylation sites (tertiary alicyclic amines) is 1. The Labute approximate surface area is 247 Å². The number of nitrogens with zero attached hydrogens (tertiary/aromatic N) is 2. The summed E-state index contributed by atoms with van der Waals surface area (Å²) in [5, 5.41) is 9.76. The lowest BCUT2D eigenvalue weighted by Gasteiger charge is -2.30. The lowest BCUT2D eigenvalue weighted by Crippen LogP contribution is -2.32. The fourth-order valence-electron chi connectivity index (χ4n) is 7.11. The topological polar surface area (TPSA) is 71.9 Å². The molecule has 7 heteroatoms. The Hall–Kier alpha value is -3.45. The van der Waals surface area contributed by atoms with Crippen molar-refractivity contribution in [2.24, 2.45) is 11.8 Å². The van der Waals surface area contributed by atoms with E-state index in [9.17, 15) is 9.90 Å². The predicted molar refractivity (Wildman–Crippen MR) is 160 cm³/mol. The number of rotatable bonds is 9. The number of ether oxygens (including phenoxy) is 2. The average Bonchev–Trinajstić information content (AvgIpc) is 3.78. The maximum atomic E-state index is 15.1. The van der Waals surface area contributed by atoms with Gasteiger partial charge in [-0.3, -0.25) is 9.69 Å². The minimum Gasteiger partial charge on any atom is -0.485 e. The summed E-state index contributed by atoms with van der Waals surface area (Å²) in [6.45, 7) is 7.07. The van der Waals surface area contributed by atoms with Gasteiger partial charge in [0.15, 0.2) is 0 Å². The second-order valence-corrected chi connectivity index (χ2v) is 12.6. The van der Waals surface area contributed by atoms with Crippen LogP contribution in [0, 0.1) is 17.7 Å². The minimum atomic E-state index is -0.749. The minimum absolute atomic E-state index is 0.000599. The predicted octanol–water partition coefficient (Wildman–Crippen LogP) is 7.55. The molecule has 3 aliphatic rings. The van der Waals surface area contributed by atoms with Crippen molar-refractivity contribution in [2.45, 2.75) is 89.9 Å². The van der Waals surface area contributed by atoms with Crippen LogP contribution in [0.25, 0.3) is 11.1 Å². The highest BCUT2D eigenvalue weighted by atomic mass is 19.1. The molecule has 0 amide bonds. The largest absolute Gasteiger partial charge is 0.485 e. The summed E-state index contributed by atoms with van der Waals surface area (Å²) in [6.07, 6.45) is 7.29. The van der Waals surface area contributed by atoms with Crippen LogP contribution in [0.3, 0.4) is 0 Å². The maximum absolute atomic E-state index is 15.1. The molecule has 2 fully saturated rings. The fourth-order valence-corrected chi connectivity index (χ4v) is 7.11. The summed E-state index contributed by atoms with van der Waals surface area (Å²) in [5.74, 6) is 0.0982. The Morgan fingerprint density at radius 3 is 2.52 bits per heavy atom. The Morgan fingerprint density at radius 1 is 1.07 bits per heavy atom. The van der Waals surface area contributed by atoms with E-state index in [0.717, 1.165) is 78.6 Å². The van der Waals surface area contributed by atoms with Gasteiger partial charge in [-0.2, -0.15) is 0 Å². The van der Waals surface area contributed by atoms with Crippen LogP contribution < -0.4 is 9.47 Å². The first-order valence-corrected chi connectivity index (χ1v) is 15.3. The summed E-state index contributed by atoms with van der Waals surface area (Å²) >= 11 is 0. The number of halogens is 1. The Morgan fingerprint density at radius 2 is 1.83 bits per heavy atom. The van der Waals surface area contributed by atoms with Crippen LogP contribution in [-0.4, -0.2) is 40.2 Å². The normalized spacial score (nSPS) is 23.6. The first-order valence-electron chi connectivity index (χ1n) is 15.3. The third-order valence-electron chi connectivity index (χ3n) is 9.80. The zero-order valence-corrected chi connectivity index (χ0v) is 25.0. The van der Waals surface area contributed by atoms with Gasteiger partial charge in [0.25, 0.3) is 0 Å². The molecule has 1 saturated carbocycles. The molecule has 6 nitrogen and oxygen atoms in total. The van der Waals surface area contributed by atoms with E-state index in [-0.39, 0.29) is 17.8 Å². The second kappa shape index (κ2) is 11.7. The summed E-state index contributed by atoms with van der Waals surface area (Å²) in [7, 11) is 1.54. The standard InChI is InChI=1S/C35H41FN2O4/c1-20-5-6-21(2)38(20)19-27-15-25(11-13-28(27)29-17-33(41-4)37-18-30(29)36)31-14-12-23-7-10-26(16-32(23)42-31)34(24-8-9-24)22(3)35(39)40/h7,10-11,13,15-18,20-22,24,31,34H,5-6,8-9,12,14,19H2,1-4H3,(H,39,40)/t20-,21-,22+,31?,34?/m1/s1. The summed E-state index contributed by atoms with van der Waals surface area (Å²) < 4.78 is 27.1. The van der Waals surface area contributed by atoms with E-state index < -0.39 is 11.9 Å². The first kappa shape index (κ1) is 28.7. The number of carboxylic acid groups (broad SMARTS) is 1. The molecule has 6 rings (SSSR count). The van der Waals surface area contributed by atoms with Crippen molar-refractivity contribution in [3.05, 3.63) is 76.7 Å². The number of fused-ring (bicyclic) bond motifs is 1. The molecule has 0 spiro atoms. The van der Waals surface area contributed by atoms with Gasteiger partial charge in [-0.25, -0.2) is 9.37 Å². The maximum Gasteiger partial charge on any atom is 0.306 e. The van der Waals surface area contributed by atoms with E-state index in [1.54, 1.807) is 13.2 Å². The number of carbonyl (C=O) groups is 1. The van der Waals surface area contributed by atoms with Crippen LogP contribution in [0.1, 0.15) is 87.2 Å². The molecule has 1 aromatic heterocycles. The van der Waals surface area contributed by atoms with Crippen molar-refractivity contribution >= 4 is 5.97 Å². The zero-order valence-electron chi connectivity index (χ0n) is 25.0. The third kappa shape index (κ3) is 5.63. The third-order valence-corrected chi connectivity index (χ3v) is 9.80. The van der Waals surface area contributed by atoms with Gasteiger partial charge in [0.1, 0.15) is 17.7 Å². The van der Waals surface area contributed by atoms with Gasteiger partial charge in [-0.05, 0) is 98.1 Å². The SMILES string of the molecule is COc1cc(-c2ccc(C3CCc4ccc(C(C5CC5)[C@H](C)C(=O)O)cc4O3)cc2CN2[C@H](C)CC[C@H]2C)c(F)cn1. The van der Waals surface area contributed by atoms with Crippen LogP contribution >= 0.6 is 0 Å². The number of pyridine rings is 1. The van der Waals surface area contributed by atoms with E-state index in [1.165, 1.54) is 6.20 Å². The lowest BCUT2D eigenvalue weighted by molar-refractivity contribution is -0.142. The van der Waals surface area contributed by atoms with E-state index in [2.05, 4.69) is 54.1 Å². The lowest BCUT2D eigenvalue weighted by atomic mass is 9.82. The van der Waals surface area contributed by atoms with Crippen molar-refractivity contribution in [3.63, 3.8) is 0 Å². The van der Waals surface area contributed by atoms with Crippen LogP contribution in [-0.2, 0) is 17.8 Å². The van der Waals surface area contributed by atoms with Gasteiger partial charge >= 0.3 is 5.97 Å². The highest BCUT2D eigenvalue weighted by molar-refractivity contribution is 5.71. The average molecular weight is 573 g/mol. The molecule has 0 radical (unpaired) electrons. The molecule has 3 heterocycles. The number of benzene rings is 2. The van der Waals surface area contributed by atoms with E-state index >= 15 is 4.39 Å². The molecule has 5 atom stereocenters. The first-order chi connectivity index (χ1) is 20.2. The van der Waals surface area contributed by atoms with Crippen LogP contribution in [0.2, 0.25) is 0 Å². The number of methoxy groups -OCH3 is 1. The van der Waals surface area contributed by atoms with E-state index in [1.807, 2.05) is 13.0 Å². The van der Waals surface area contributed by atoms with Crippen molar-refractivity contribution in [1.29, 1.82) is 0 Å². The van der Waals surface area contributed by atoms with Crippen molar-refractivity contribution < 1.29 is 23.8 Å². The van der Waals surface area contributed by atoms with Crippen molar-refractivity contribution in [3.8, 4) is 22.8 Å². The monoisotopic (exact) mass is 572 g/mol. The van der Waals surface area contributed by atoms with Crippen molar-refractivity contribution in [2.75, 3.05) is 7.11 Å². The fraction of sp³-hybridized carbons (Fsp3) is 0.486. The molecule has 2 aliphatic heterocycles. The van der Waals surface area contributed by atoms with Crippen LogP contribution in [0.5, 0.6) is 11.6 Å². The quantitative estimate of drug-likeness (QED) is 0.285. The van der Waals surface area contributed by atoms with E-state index in [4.69, 9.17) is 9.47 Å². The molecular weight excluding hydrogens is 531 g/mol. The van der Waals surface area contributed by atoms with Gasteiger partial charge < -0.3 is 14.6 Å². The summed E-state index contributed by atoms with van der Waals surface area (Å²) in [4.78, 5) is 18.4. The van der Waals surface area contributed by atoms with Crippen LogP contribution in [0.4, 0.5) is 4.39 Å². The summed E-state index contributed by atoms with van der Waals surface area (Å²) in [5.41, 5.74) is 5.69. The summed E-state index contributed by atoms with van der Waals surface area (Å²) in [6, 6.07) is 15.2. The smallest absolute Gasteiger partial charge is 0.306 e.